The maximum atomic E-state index is 12.8. The van der Waals surface area contributed by atoms with Crippen LogP contribution in [0, 0.1) is 0 Å². The molecule has 5 nitrogen and oxygen atoms in total. The Kier molecular flexibility index (Phi) is 5.85. The van der Waals surface area contributed by atoms with Gasteiger partial charge in [-0.25, -0.2) is 4.79 Å². The van der Waals surface area contributed by atoms with E-state index in [-0.39, 0.29) is 6.03 Å². The average molecular weight is 415 g/mol. The summed E-state index contributed by atoms with van der Waals surface area (Å²) in [5, 5.41) is 4.19. The van der Waals surface area contributed by atoms with Crippen molar-refractivity contribution in [1.29, 1.82) is 0 Å². The quantitative estimate of drug-likeness (QED) is 0.635. The maximum Gasteiger partial charge on any atom is 0.321 e. The Morgan fingerprint density at radius 3 is 2.52 bits per heavy atom. The lowest BCUT2D eigenvalue weighted by molar-refractivity contribution is 0.194. The minimum absolute atomic E-state index is 0.0171. The summed E-state index contributed by atoms with van der Waals surface area (Å²) in [4.78, 5) is 21.9. The Labute approximate surface area is 184 Å². The molecule has 1 aromatic heterocycles. The summed E-state index contributed by atoms with van der Waals surface area (Å²) >= 11 is 0. The van der Waals surface area contributed by atoms with E-state index in [0.717, 1.165) is 49.1 Å². The number of aromatic nitrogens is 1. The van der Waals surface area contributed by atoms with Gasteiger partial charge in [0.1, 0.15) is 0 Å². The van der Waals surface area contributed by atoms with Crippen molar-refractivity contribution in [1.82, 2.24) is 14.8 Å². The highest BCUT2D eigenvalue weighted by molar-refractivity contribution is 5.92. The number of likely N-dealkylation sites (tertiary alicyclic amines) is 2. The van der Waals surface area contributed by atoms with Gasteiger partial charge in [0, 0.05) is 36.9 Å². The first-order valence-electron chi connectivity index (χ1n) is 11.5. The van der Waals surface area contributed by atoms with Crippen molar-refractivity contribution in [3.8, 4) is 0 Å². The second-order valence-electron chi connectivity index (χ2n) is 8.84. The van der Waals surface area contributed by atoms with E-state index in [1.165, 1.54) is 37.1 Å². The maximum absolute atomic E-state index is 12.8. The van der Waals surface area contributed by atoms with Crippen LogP contribution in [-0.4, -0.2) is 47.0 Å². The summed E-state index contributed by atoms with van der Waals surface area (Å²) in [7, 11) is 0. The highest BCUT2D eigenvalue weighted by Crippen LogP contribution is 2.28. The highest BCUT2D eigenvalue weighted by Gasteiger charge is 2.23. The molecule has 0 bridgehead atoms. The summed E-state index contributed by atoms with van der Waals surface area (Å²) in [5.74, 6) is 0.546. The average Bonchev–Trinajstić information content (AvgIpc) is 3.33. The summed E-state index contributed by atoms with van der Waals surface area (Å²) in [5.41, 5.74) is 4.37. The standard InChI is InChI=1S/C26H30N4O/c31-26(30-14-10-22(11-15-30)21-6-2-1-3-7-21)28-24-9-8-23-16-20(18-27-25(23)17-24)19-29-12-4-5-13-29/h1-3,6-9,16-18,22H,4-5,10-15,19H2,(H,28,31). The van der Waals surface area contributed by atoms with Gasteiger partial charge < -0.3 is 10.2 Å². The zero-order valence-electron chi connectivity index (χ0n) is 18.0. The molecule has 0 spiro atoms. The lowest BCUT2D eigenvalue weighted by Gasteiger charge is -2.32. The zero-order chi connectivity index (χ0) is 21.0. The number of nitrogens with one attached hydrogen (secondary N) is 1. The van der Waals surface area contributed by atoms with Gasteiger partial charge in [-0.3, -0.25) is 9.88 Å². The molecule has 2 fully saturated rings. The number of fused-ring (bicyclic) bond motifs is 1. The summed E-state index contributed by atoms with van der Waals surface area (Å²) in [6, 6.07) is 18.9. The molecule has 2 aromatic carbocycles. The number of pyridine rings is 1. The van der Waals surface area contributed by atoms with Crippen LogP contribution in [0.15, 0.2) is 60.8 Å². The van der Waals surface area contributed by atoms with Crippen LogP contribution in [0.5, 0.6) is 0 Å². The number of amides is 2. The van der Waals surface area contributed by atoms with Crippen LogP contribution >= 0.6 is 0 Å². The molecule has 3 aromatic rings. The van der Waals surface area contributed by atoms with Crippen LogP contribution in [-0.2, 0) is 6.54 Å². The minimum atomic E-state index is -0.0171. The van der Waals surface area contributed by atoms with E-state index in [9.17, 15) is 4.79 Å². The van der Waals surface area contributed by atoms with Gasteiger partial charge in [0.05, 0.1) is 5.52 Å². The van der Waals surface area contributed by atoms with Gasteiger partial charge in [0.25, 0.3) is 0 Å². The molecule has 5 rings (SSSR count). The number of nitrogens with zero attached hydrogens (tertiary/aromatic N) is 3. The van der Waals surface area contributed by atoms with Crippen LogP contribution in [0.1, 0.15) is 42.7 Å². The first kappa shape index (κ1) is 20.0. The van der Waals surface area contributed by atoms with Gasteiger partial charge in [-0.1, -0.05) is 36.4 Å². The zero-order valence-corrected chi connectivity index (χ0v) is 18.0. The molecule has 5 heteroatoms. The number of benzene rings is 2. The Morgan fingerprint density at radius 2 is 1.74 bits per heavy atom. The molecule has 2 aliphatic rings. The molecule has 2 aliphatic heterocycles. The predicted molar refractivity (Wildman–Crippen MR) is 125 cm³/mol. The monoisotopic (exact) mass is 414 g/mol. The SMILES string of the molecule is O=C(Nc1ccc2cc(CN3CCCC3)cnc2c1)N1CCC(c2ccccc2)CC1. The Morgan fingerprint density at radius 1 is 0.968 bits per heavy atom. The van der Waals surface area contributed by atoms with Crippen molar-refractivity contribution >= 4 is 22.6 Å². The fourth-order valence-electron chi connectivity index (χ4n) is 4.87. The molecule has 0 unspecified atom stereocenters. The third kappa shape index (κ3) is 4.72. The molecule has 2 saturated heterocycles. The third-order valence-corrected chi connectivity index (χ3v) is 6.65. The number of hydrogen-bond acceptors (Lipinski definition) is 3. The van der Waals surface area contributed by atoms with Crippen molar-refractivity contribution in [2.75, 3.05) is 31.5 Å². The largest absolute Gasteiger partial charge is 0.324 e. The van der Waals surface area contributed by atoms with Gasteiger partial charge >= 0.3 is 6.03 Å². The van der Waals surface area contributed by atoms with Crippen LogP contribution in [0.25, 0.3) is 10.9 Å². The van der Waals surface area contributed by atoms with Gasteiger partial charge in [-0.2, -0.15) is 0 Å². The third-order valence-electron chi connectivity index (χ3n) is 6.65. The topological polar surface area (TPSA) is 48.5 Å². The Bertz CT molecular complexity index is 1040. The number of hydrogen-bond donors (Lipinski definition) is 1. The predicted octanol–water partition coefficient (Wildman–Crippen LogP) is 5.24. The van der Waals surface area contributed by atoms with E-state index in [2.05, 4.69) is 57.7 Å². The summed E-state index contributed by atoms with van der Waals surface area (Å²) in [6.07, 6.45) is 6.59. The molecular formula is C26H30N4O. The Balaban J connectivity index is 1.19. The van der Waals surface area contributed by atoms with Crippen LogP contribution in [0.4, 0.5) is 10.5 Å². The van der Waals surface area contributed by atoms with E-state index < -0.39 is 0 Å². The van der Waals surface area contributed by atoms with Gasteiger partial charge in [0.2, 0.25) is 0 Å². The van der Waals surface area contributed by atoms with Crippen molar-refractivity contribution in [3.63, 3.8) is 0 Å². The van der Waals surface area contributed by atoms with Crippen LogP contribution in [0.3, 0.4) is 0 Å². The molecule has 3 heterocycles. The fourth-order valence-corrected chi connectivity index (χ4v) is 4.87. The van der Waals surface area contributed by atoms with Gasteiger partial charge in [-0.15, -0.1) is 0 Å². The number of carbonyl (C=O) groups is 1. The lowest BCUT2D eigenvalue weighted by atomic mass is 9.90. The minimum Gasteiger partial charge on any atom is -0.324 e. The van der Waals surface area contributed by atoms with E-state index in [1.807, 2.05) is 23.2 Å². The van der Waals surface area contributed by atoms with E-state index in [4.69, 9.17) is 0 Å². The van der Waals surface area contributed by atoms with E-state index in [1.54, 1.807) is 0 Å². The number of piperidine rings is 1. The smallest absolute Gasteiger partial charge is 0.321 e. The lowest BCUT2D eigenvalue weighted by Crippen LogP contribution is -2.40. The highest BCUT2D eigenvalue weighted by atomic mass is 16.2. The van der Waals surface area contributed by atoms with Gasteiger partial charge in [0.15, 0.2) is 0 Å². The second-order valence-corrected chi connectivity index (χ2v) is 8.84. The van der Waals surface area contributed by atoms with Gasteiger partial charge in [-0.05, 0) is 74.0 Å². The number of carbonyl (C=O) groups excluding carboxylic acids is 1. The number of urea groups is 1. The normalized spacial score (nSPS) is 17.9. The van der Waals surface area contributed by atoms with Crippen molar-refractivity contribution in [3.05, 3.63) is 71.9 Å². The molecule has 31 heavy (non-hydrogen) atoms. The molecular weight excluding hydrogens is 384 g/mol. The molecule has 0 atom stereocenters. The van der Waals surface area contributed by atoms with Crippen molar-refractivity contribution in [2.24, 2.45) is 0 Å². The van der Waals surface area contributed by atoms with Crippen molar-refractivity contribution in [2.45, 2.75) is 38.1 Å². The number of anilines is 1. The number of rotatable bonds is 4. The molecule has 1 N–H and O–H groups in total. The fraction of sp³-hybridized carbons (Fsp3) is 0.385. The van der Waals surface area contributed by atoms with Crippen LogP contribution in [0.2, 0.25) is 0 Å². The van der Waals surface area contributed by atoms with Crippen LogP contribution < -0.4 is 5.32 Å². The second kappa shape index (κ2) is 9.06. The van der Waals surface area contributed by atoms with E-state index >= 15 is 0 Å². The molecule has 160 valence electrons. The molecule has 2 amide bonds. The summed E-state index contributed by atoms with van der Waals surface area (Å²) < 4.78 is 0. The summed E-state index contributed by atoms with van der Waals surface area (Å²) in [6.45, 7) is 4.92. The molecule has 0 radical (unpaired) electrons. The molecule has 0 saturated carbocycles. The first-order valence-corrected chi connectivity index (χ1v) is 11.5. The Hall–Kier alpha value is -2.92. The van der Waals surface area contributed by atoms with Crippen molar-refractivity contribution < 1.29 is 4.79 Å². The first-order chi connectivity index (χ1) is 15.2. The van der Waals surface area contributed by atoms with E-state index in [0.29, 0.717) is 5.92 Å². The molecule has 0 aliphatic carbocycles.